The average Bonchev–Trinajstić information content (AvgIpc) is 2.54. The zero-order valence-corrected chi connectivity index (χ0v) is 12.3. The van der Waals surface area contributed by atoms with Crippen LogP contribution in [0.3, 0.4) is 0 Å². The number of carbonyl (C=O) groups is 1. The third kappa shape index (κ3) is 4.92. The zero-order valence-electron chi connectivity index (χ0n) is 12.3. The van der Waals surface area contributed by atoms with Gasteiger partial charge in [0.2, 0.25) is 0 Å². The normalized spacial score (nSPS) is 16.6. The van der Waals surface area contributed by atoms with E-state index in [-0.39, 0.29) is 6.61 Å². The molecule has 0 aromatic heterocycles. The first kappa shape index (κ1) is 16.6. The SMILES string of the molecule is O=C(OCc1ccccc1)N1CCN(CC(F)(F)CO)CC1. The maximum Gasteiger partial charge on any atom is 0.410 e. The van der Waals surface area contributed by atoms with Crippen LogP contribution in [0.2, 0.25) is 0 Å². The molecule has 0 atom stereocenters. The minimum Gasteiger partial charge on any atom is -0.445 e. The highest BCUT2D eigenvalue weighted by Crippen LogP contribution is 2.16. The summed E-state index contributed by atoms with van der Waals surface area (Å²) in [6.07, 6.45) is -0.433. The van der Waals surface area contributed by atoms with Gasteiger partial charge in [0.1, 0.15) is 13.2 Å². The summed E-state index contributed by atoms with van der Waals surface area (Å²) in [5, 5.41) is 8.58. The standard InChI is InChI=1S/C15H20F2N2O3/c16-15(17,12-20)11-18-6-8-19(9-7-18)14(21)22-10-13-4-2-1-3-5-13/h1-5,20H,6-12H2. The Kier molecular flexibility index (Phi) is 5.68. The number of carbonyl (C=O) groups excluding carboxylic acids is 1. The summed E-state index contributed by atoms with van der Waals surface area (Å²) in [6.45, 7) is -0.0818. The number of halogens is 2. The zero-order chi connectivity index (χ0) is 16.0. The summed E-state index contributed by atoms with van der Waals surface area (Å²) in [4.78, 5) is 15.0. The van der Waals surface area contributed by atoms with Gasteiger partial charge in [0.25, 0.3) is 5.92 Å². The van der Waals surface area contributed by atoms with Gasteiger partial charge >= 0.3 is 6.09 Å². The molecule has 1 fully saturated rings. The first-order chi connectivity index (χ1) is 10.5. The number of nitrogens with zero attached hydrogens (tertiary/aromatic N) is 2. The van der Waals surface area contributed by atoms with E-state index in [1.54, 1.807) is 0 Å². The Bertz CT molecular complexity index is 477. The van der Waals surface area contributed by atoms with Crippen molar-refractivity contribution < 1.29 is 23.4 Å². The Balaban J connectivity index is 1.73. The van der Waals surface area contributed by atoms with E-state index in [1.165, 1.54) is 9.80 Å². The van der Waals surface area contributed by atoms with Crippen LogP contribution in [0.25, 0.3) is 0 Å². The van der Waals surface area contributed by atoms with Crippen LogP contribution in [0.1, 0.15) is 5.56 Å². The number of benzene rings is 1. The highest BCUT2D eigenvalue weighted by Gasteiger charge is 2.33. The van der Waals surface area contributed by atoms with E-state index in [4.69, 9.17) is 9.84 Å². The maximum absolute atomic E-state index is 13.1. The maximum atomic E-state index is 13.1. The second-order valence-corrected chi connectivity index (χ2v) is 5.32. The number of alkyl halides is 2. The van der Waals surface area contributed by atoms with Crippen molar-refractivity contribution in [2.45, 2.75) is 12.5 Å². The number of ether oxygens (including phenoxy) is 1. The molecule has 0 spiro atoms. The number of rotatable bonds is 5. The van der Waals surface area contributed by atoms with Gasteiger partial charge in [-0.05, 0) is 5.56 Å². The molecule has 0 radical (unpaired) electrons. The number of amides is 1. The highest BCUT2D eigenvalue weighted by molar-refractivity contribution is 5.67. The van der Waals surface area contributed by atoms with Crippen molar-refractivity contribution in [1.29, 1.82) is 0 Å². The van der Waals surface area contributed by atoms with Crippen LogP contribution in [0.5, 0.6) is 0 Å². The monoisotopic (exact) mass is 314 g/mol. The molecule has 2 rings (SSSR count). The summed E-state index contributed by atoms with van der Waals surface area (Å²) >= 11 is 0. The van der Waals surface area contributed by atoms with E-state index >= 15 is 0 Å². The Labute approximate surface area is 128 Å². The Morgan fingerprint density at radius 2 is 1.82 bits per heavy atom. The van der Waals surface area contributed by atoms with Gasteiger partial charge < -0.3 is 14.7 Å². The van der Waals surface area contributed by atoms with Crippen molar-refractivity contribution in [2.75, 3.05) is 39.3 Å². The largest absolute Gasteiger partial charge is 0.445 e. The molecule has 5 nitrogen and oxygen atoms in total. The third-order valence-corrected chi connectivity index (χ3v) is 3.52. The van der Waals surface area contributed by atoms with E-state index in [2.05, 4.69) is 0 Å². The summed E-state index contributed by atoms with van der Waals surface area (Å²) < 4.78 is 31.4. The van der Waals surface area contributed by atoms with Crippen LogP contribution in [-0.2, 0) is 11.3 Å². The first-order valence-corrected chi connectivity index (χ1v) is 7.17. The second kappa shape index (κ2) is 7.51. The molecule has 0 unspecified atom stereocenters. The topological polar surface area (TPSA) is 53.0 Å². The van der Waals surface area contributed by atoms with Crippen LogP contribution in [0.15, 0.2) is 30.3 Å². The molecule has 1 aromatic carbocycles. The predicted octanol–water partition coefficient (Wildman–Crippen LogP) is 1.57. The molecule has 1 aromatic rings. The number of piperazine rings is 1. The van der Waals surface area contributed by atoms with Gasteiger partial charge in [0, 0.05) is 26.2 Å². The fourth-order valence-electron chi connectivity index (χ4n) is 2.28. The number of aliphatic hydroxyl groups excluding tert-OH is 1. The fraction of sp³-hybridized carbons (Fsp3) is 0.533. The molecule has 0 saturated carbocycles. The summed E-state index contributed by atoms with van der Waals surface area (Å²) in [5.74, 6) is -3.10. The molecule has 1 heterocycles. The van der Waals surface area contributed by atoms with Gasteiger partial charge in [-0.25, -0.2) is 13.6 Å². The molecule has 22 heavy (non-hydrogen) atoms. The van der Waals surface area contributed by atoms with Crippen LogP contribution < -0.4 is 0 Å². The number of aliphatic hydroxyl groups is 1. The quantitative estimate of drug-likeness (QED) is 0.896. The lowest BCUT2D eigenvalue weighted by molar-refractivity contribution is -0.0779. The van der Waals surface area contributed by atoms with E-state index in [0.717, 1.165) is 5.56 Å². The van der Waals surface area contributed by atoms with Gasteiger partial charge in [-0.1, -0.05) is 30.3 Å². The lowest BCUT2D eigenvalue weighted by atomic mass is 10.2. The average molecular weight is 314 g/mol. The number of hydrogen-bond acceptors (Lipinski definition) is 4. The summed E-state index contributed by atoms with van der Waals surface area (Å²) in [7, 11) is 0. The summed E-state index contributed by atoms with van der Waals surface area (Å²) in [5.41, 5.74) is 0.900. The molecule has 1 aliphatic heterocycles. The molecule has 1 saturated heterocycles. The highest BCUT2D eigenvalue weighted by atomic mass is 19.3. The third-order valence-electron chi connectivity index (χ3n) is 3.52. The molecular formula is C15H20F2N2O3. The van der Waals surface area contributed by atoms with E-state index in [0.29, 0.717) is 26.2 Å². The molecule has 1 aliphatic rings. The van der Waals surface area contributed by atoms with Gasteiger partial charge in [0.05, 0.1) is 6.54 Å². The minimum atomic E-state index is -3.10. The molecule has 7 heteroatoms. The minimum absolute atomic E-state index is 0.197. The van der Waals surface area contributed by atoms with Crippen LogP contribution in [-0.4, -0.2) is 66.3 Å². The Morgan fingerprint density at radius 1 is 1.18 bits per heavy atom. The fourth-order valence-corrected chi connectivity index (χ4v) is 2.28. The van der Waals surface area contributed by atoms with Crippen molar-refractivity contribution in [2.24, 2.45) is 0 Å². The predicted molar refractivity (Wildman–Crippen MR) is 76.7 cm³/mol. The van der Waals surface area contributed by atoms with E-state index in [9.17, 15) is 13.6 Å². The van der Waals surface area contributed by atoms with E-state index < -0.39 is 25.2 Å². The lowest BCUT2D eigenvalue weighted by Crippen LogP contribution is -2.52. The van der Waals surface area contributed by atoms with Crippen molar-refractivity contribution in [3.63, 3.8) is 0 Å². The van der Waals surface area contributed by atoms with Crippen molar-refractivity contribution >= 4 is 6.09 Å². The van der Waals surface area contributed by atoms with Crippen LogP contribution in [0, 0.1) is 0 Å². The first-order valence-electron chi connectivity index (χ1n) is 7.17. The van der Waals surface area contributed by atoms with Gasteiger partial charge in [-0.3, -0.25) is 4.90 Å². The van der Waals surface area contributed by atoms with Gasteiger partial charge in [0.15, 0.2) is 0 Å². The van der Waals surface area contributed by atoms with Crippen molar-refractivity contribution in [3.8, 4) is 0 Å². The smallest absolute Gasteiger partial charge is 0.410 e. The van der Waals surface area contributed by atoms with E-state index in [1.807, 2.05) is 30.3 Å². The lowest BCUT2D eigenvalue weighted by Gasteiger charge is -2.35. The second-order valence-electron chi connectivity index (χ2n) is 5.32. The molecular weight excluding hydrogens is 294 g/mol. The Hall–Kier alpha value is -1.73. The molecule has 1 amide bonds. The summed E-state index contributed by atoms with van der Waals surface area (Å²) in [6, 6.07) is 9.34. The van der Waals surface area contributed by atoms with Crippen LogP contribution >= 0.6 is 0 Å². The van der Waals surface area contributed by atoms with Gasteiger partial charge in [-0.15, -0.1) is 0 Å². The molecule has 1 N–H and O–H groups in total. The molecule has 0 aliphatic carbocycles. The molecule has 0 bridgehead atoms. The van der Waals surface area contributed by atoms with Crippen LogP contribution in [0.4, 0.5) is 13.6 Å². The molecule has 122 valence electrons. The van der Waals surface area contributed by atoms with Gasteiger partial charge in [-0.2, -0.15) is 0 Å². The number of hydrogen-bond donors (Lipinski definition) is 1. The Morgan fingerprint density at radius 3 is 2.41 bits per heavy atom. The van der Waals surface area contributed by atoms with Crippen molar-refractivity contribution in [3.05, 3.63) is 35.9 Å². The van der Waals surface area contributed by atoms with Crippen molar-refractivity contribution in [1.82, 2.24) is 9.80 Å².